The maximum atomic E-state index is 5.71. The summed E-state index contributed by atoms with van der Waals surface area (Å²) in [6, 6.07) is 0.364. The van der Waals surface area contributed by atoms with E-state index in [9.17, 15) is 0 Å². The summed E-state index contributed by atoms with van der Waals surface area (Å²) in [5.74, 6) is 0.606. The number of hydrogen-bond acceptors (Lipinski definition) is 5. The van der Waals surface area contributed by atoms with Crippen molar-refractivity contribution in [2.24, 2.45) is 0 Å². The Morgan fingerprint density at radius 2 is 2.33 bits per heavy atom. The second-order valence-corrected chi connectivity index (χ2v) is 3.95. The predicted molar refractivity (Wildman–Crippen MR) is 58.9 cm³/mol. The zero-order valence-corrected chi connectivity index (χ0v) is 9.16. The van der Waals surface area contributed by atoms with Gasteiger partial charge in [0, 0.05) is 13.2 Å². The lowest BCUT2D eigenvalue weighted by Gasteiger charge is -2.35. The van der Waals surface area contributed by atoms with Gasteiger partial charge in [-0.3, -0.25) is 0 Å². The molecule has 1 heterocycles. The molecule has 1 aromatic rings. The molecule has 0 unspecified atom stereocenters. The Hall–Kier alpha value is -1.07. The van der Waals surface area contributed by atoms with Crippen molar-refractivity contribution >= 4 is 23.1 Å². The zero-order chi connectivity index (χ0) is 10.8. The van der Waals surface area contributed by atoms with Gasteiger partial charge in [-0.05, 0) is 24.4 Å². The monoisotopic (exact) mass is 228 g/mol. The lowest BCUT2D eigenvalue weighted by Crippen LogP contribution is -2.40. The molecule has 1 aromatic heterocycles. The topological polar surface area (TPSA) is 73.1 Å². The lowest BCUT2D eigenvalue weighted by molar-refractivity contribution is 0.0328. The smallest absolute Gasteiger partial charge is 0.224 e. The number of anilines is 2. The third-order valence-electron chi connectivity index (χ3n) is 2.56. The molecular formula is C9H13ClN4O. The fourth-order valence-corrected chi connectivity index (χ4v) is 1.69. The van der Waals surface area contributed by atoms with Crippen LogP contribution < -0.4 is 11.1 Å². The molecule has 15 heavy (non-hydrogen) atoms. The molecule has 5 nitrogen and oxygen atoms in total. The molecule has 0 aliphatic heterocycles. The highest BCUT2D eigenvalue weighted by atomic mass is 35.5. The molecule has 82 valence electrons. The van der Waals surface area contributed by atoms with Crippen molar-refractivity contribution in [2.75, 3.05) is 18.2 Å². The van der Waals surface area contributed by atoms with Crippen LogP contribution >= 0.6 is 11.6 Å². The van der Waals surface area contributed by atoms with Crippen LogP contribution in [0.1, 0.15) is 12.8 Å². The SMILES string of the molecule is COC1CC(Nc2nc(Cl)ncc2N)C1. The Kier molecular flexibility index (Phi) is 2.93. The second-order valence-electron chi connectivity index (χ2n) is 3.61. The van der Waals surface area contributed by atoms with E-state index in [1.165, 1.54) is 6.20 Å². The Bertz CT molecular complexity index is 354. The summed E-state index contributed by atoms with van der Waals surface area (Å²) in [6.45, 7) is 0. The van der Waals surface area contributed by atoms with Crippen LogP contribution in [0.25, 0.3) is 0 Å². The number of nitrogens with zero attached hydrogens (tertiary/aromatic N) is 2. The van der Waals surface area contributed by atoms with Crippen LogP contribution in [0.4, 0.5) is 11.5 Å². The molecule has 3 N–H and O–H groups in total. The van der Waals surface area contributed by atoms with Gasteiger partial charge in [-0.15, -0.1) is 0 Å². The van der Waals surface area contributed by atoms with E-state index in [1.54, 1.807) is 7.11 Å². The summed E-state index contributed by atoms with van der Waals surface area (Å²) in [6.07, 6.45) is 3.79. The van der Waals surface area contributed by atoms with E-state index in [1.807, 2.05) is 0 Å². The van der Waals surface area contributed by atoms with Crippen LogP contribution in [0.5, 0.6) is 0 Å². The van der Waals surface area contributed by atoms with Crippen LogP contribution in [0.15, 0.2) is 6.20 Å². The number of hydrogen-bond donors (Lipinski definition) is 2. The number of rotatable bonds is 3. The average Bonchev–Trinajstić information content (AvgIpc) is 2.16. The minimum Gasteiger partial charge on any atom is -0.394 e. The molecule has 1 fully saturated rings. The van der Waals surface area contributed by atoms with E-state index in [-0.39, 0.29) is 5.28 Å². The summed E-state index contributed by atoms with van der Waals surface area (Å²) in [5.41, 5.74) is 6.22. The summed E-state index contributed by atoms with van der Waals surface area (Å²) < 4.78 is 5.18. The van der Waals surface area contributed by atoms with Crippen molar-refractivity contribution in [3.63, 3.8) is 0 Å². The van der Waals surface area contributed by atoms with Gasteiger partial charge in [0.25, 0.3) is 0 Å². The molecule has 0 spiro atoms. The number of methoxy groups -OCH3 is 1. The van der Waals surface area contributed by atoms with E-state index in [2.05, 4.69) is 15.3 Å². The quantitative estimate of drug-likeness (QED) is 0.763. The zero-order valence-electron chi connectivity index (χ0n) is 8.40. The van der Waals surface area contributed by atoms with Gasteiger partial charge in [0.1, 0.15) is 0 Å². The number of nitrogens with two attached hydrogens (primary N) is 1. The fraction of sp³-hybridized carbons (Fsp3) is 0.556. The van der Waals surface area contributed by atoms with Crippen LogP contribution in [0.2, 0.25) is 5.28 Å². The van der Waals surface area contributed by atoms with Crippen LogP contribution in [-0.2, 0) is 4.74 Å². The molecule has 0 bridgehead atoms. The van der Waals surface area contributed by atoms with Crippen molar-refractivity contribution in [1.82, 2.24) is 9.97 Å². The molecule has 0 radical (unpaired) electrons. The average molecular weight is 229 g/mol. The van der Waals surface area contributed by atoms with E-state index >= 15 is 0 Å². The Morgan fingerprint density at radius 1 is 1.60 bits per heavy atom. The highest BCUT2D eigenvalue weighted by Crippen LogP contribution is 2.27. The van der Waals surface area contributed by atoms with E-state index in [0.717, 1.165) is 12.8 Å². The van der Waals surface area contributed by atoms with Gasteiger partial charge < -0.3 is 15.8 Å². The van der Waals surface area contributed by atoms with Crippen molar-refractivity contribution < 1.29 is 4.74 Å². The fourth-order valence-electron chi connectivity index (χ4n) is 1.55. The third-order valence-corrected chi connectivity index (χ3v) is 2.74. The molecule has 0 atom stereocenters. The van der Waals surface area contributed by atoms with E-state index in [4.69, 9.17) is 22.1 Å². The lowest BCUT2D eigenvalue weighted by atomic mass is 9.89. The summed E-state index contributed by atoms with van der Waals surface area (Å²) >= 11 is 5.67. The van der Waals surface area contributed by atoms with Crippen LogP contribution in [-0.4, -0.2) is 29.2 Å². The normalized spacial score (nSPS) is 24.7. The highest BCUT2D eigenvalue weighted by Gasteiger charge is 2.29. The summed E-state index contributed by atoms with van der Waals surface area (Å²) in [5, 5.41) is 3.41. The molecule has 0 saturated heterocycles. The first-order chi connectivity index (χ1) is 7.19. The number of nitrogen functional groups attached to an aromatic ring is 1. The summed E-state index contributed by atoms with van der Waals surface area (Å²) in [7, 11) is 1.72. The van der Waals surface area contributed by atoms with E-state index in [0.29, 0.717) is 23.7 Å². The Labute approximate surface area is 93.0 Å². The standard InChI is InChI=1S/C9H13ClN4O/c1-15-6-2-5(3-6)13-8-7(11)4-12-9(10)14-8/h4-6H,2-3,11H2,1H3,(H,12,13,14). The first-order valence-corrected chi connectivity index (χ1v) is 5.14. The Balaban J connectivity index is 1.97. The number of aromatic nitrogens is 2. The molecule has 1 saturated carbocycles. The second kappa shape index (κ2) is 4.20. The van der Waals surface area contributed by atoms with E-state index < -0.39 is 0 Å². The van der Waals surface area contributed by atoms with Crippen LogP contribution in [0.3, 0.4) is 0 Å². The van der Waals surface area contributed by atoms with Gasteiger partial charge in [-0.25, -0.2) is 4.98 Å². The molecule has 6 heteroatoms. The van der Waals surface area contributed by atoms with Crippen molar-refractivity contribution in [2.45, 2.75) is 25.0 Å². The maximum absolute atomic E-state index is 5.71. The summed E-state index contributed by atoms with van der Waals surface area (Å²) in [4.78, 5) is 7.81. The van der Waals surface area contributed by atoms with Gasteiger partial charge in [-0.1, -0.05) is 0 Å². The molecular weight excluding hydrogens is 216 g/mol. The van der Waals surface area contributed by atoms with Crippen molar-refractivity contribution in [3.8, 4) is 0 Å². The van der Waals surface area contributed by atoms with Crippen molar-refractivity contribution in [3.05, 3.63) is 11.5 Å². The minimum atomic E-state index is 0.203. The number of halogens is 1. The number of ether oxygens (including phenoxy) is 1. The first-order valence-electron chi connectivity index (χ1n) is 4.76. The van der Waals surface area contributed by atoms with Gasteiger partial charge >= 0.3 is 0 Å². The highest BCUT2D eigenvalue weighted by molar-refractivity contribution is 6.28. The first kappa shape index (κ1) is 10.4. The molecule has 0 amide bonds. The minimum absolute atomic E-state index is 0.203. The van der Waals surface area contributed by atoms with Crippen LogP contribution in [0, 0.1) is 0 Å². The van der Waals surface area contributed by atoms with Crippen molar-refractivity contribution in [1.29, 1.82) is 0 Å². The van der Waals surface area contributed by atoms with Gasteiger partial charge in [0.05, 0.1) is 18.0 Å². The molecule has 1 aliphatic carbocycles. The maximum Gasteiger partial charge on any atom is 0.224 e. The number of nitrogens with one attached hydrogen (secondary N) is 1. The van der Waals surface area contributed by atoms with Gasteiger partial charge in [0.15, 0.2) is 5.82 Å². The molecule has 2 rings (SSSR count). The largest absolute Gasteiger partial charge is 0.394 e. The third kappa shape index (κ3) is 2.30. The Morgan fingerprint density at radius 3 is 3.00 bits per heavy atom. The predicted octanol–water partition coefficient (Wildman–Crippen LogP) is 1.30. The molecule has 0 aromatic carbocycles. The van der Waals surface area contributed by atoms with Gasteiger partial charge in [-0.2, -0.15) is 4.98 Å². The van der Waals surface area contributed by atoms with Gasteiger partial charge in [0.2, 0.25) is 5.28 Å². The molecule has 1 aliphatic rings.